The lowest BCUT2D eigenvalue weighted by Gasteiger charge is -2.36. The minimum absolute atomic E-state index is 0.0837. The van der Waals surface area contributed by atoms with E-state index in [1.54, 1.807) is 4.90 Å². The Kier molecular flexibility index (Phi) is 5.08. The number of likely N-dealkylation sites (tertiary alicyclic amines) is 1. The van der Waals surface area contributed by atoms with E-state index in [2.05, 4.69) is 10.6 Å². The van der Waals surface area contributed by atoms with Crippen LogP contribution in [-0.2, 0) is 14.4 Å². The summed E-state index contributed by atoms with van der Waals surface area (Å²) in [5, 5.41) is 5.62. The molecule has 2 unspecified atom stereocenters. The molecule has 0 spiro atoms. The molecule has 2 aliphatic rings. The Bertz CT molecular complexity index is 456. The molecule has 0 bridgehead atoms. The number of nitrogens with one attached hydrogen (secondary N) is 2. The molecule has 0 saturated carbocycles. The third-order valence-corrected chi connectivity index (χ3v) is 4.32. The minimum atomic E-state index is -0.429. The van der Waals surface area contributed by atoms with Gasteiger partial charge in [0.1, 0.15) is 6.04 Å². The first-order valence-corrected chi connectivity index (χ1v) is 8.16. The highest BCUT2D eigenvalue weighted by molar-refractivity contribution is 5.89. The molecule has 22 heavy (non-hydrogen) atoms. The van der Waals surface area contributed by atoms with Gasteiger partial charge in [-0.25, -0.2) is 0 Å². The van der Waals surface area contributed by atoms with Gasteiger partial charge in [0.15, 0.2) is 0 Å². The molecule has 0 aromatic rings. The van der Waals surface area contributed by atoms with Crippen molar-refractivity contribution in [3.63, 3.8) is 0 Å². The molecule has 2 N–H and O–H groups in total. The number of carbonyl (C=O) groups excluding carboxylic acids is 3. The van der Waals surface area contributed by atoms with Crippen LogP contribution in [0.1, 0.15) is 46.5 Å². The van der Waals surface area contributed by atoms with E-state index in [9.17, 15) is 14.4 Å². The number of hydrogen-bond donors (Lipinski definition) is 2. The summed E-state index contributed by atoms with van der Waals surface area (Å²) < 4.78 is 0. The van der Waals surface area contributed by atoms with Crippen molar-refractivity contribution in [2.45, 2.75) is 52.5 Å². The van der Waals surface area contributed by atoms with Crippen LogP contribution in [0.2, 0.25) is 0 Å². The molecule has 2 atom stereocenters. The summed E-state index contributed by atoms with van der Waals surface area (Å²) in [5.41, 5.74) is -0.429. The summed E-state index contributed by atoms with van der Waals surface area (Å²) in [6, 6.07) is -0.421. The van der Waals surface area contributed by atoms with Crippen LogP contribution < -0.4 is 10.6 Å². The van der Waals surface area contributed by atoms with Gasteiger partial charge in [-0.2, -0.15) is 0 Å². The molecule has 2 rings (SSSR count). The number of hydrogen-bond acceptors (Lipinski definition) is 3. The van der Waals surface area contributed by atoms with E-state index in [0.29, 0.717) is 26.1 Å². The van der Waals surface area contributed by atoms with Gasteiger partial charge in [0.2, 0.25) is 17.7 Å². The number of rotatable bonds is 2. The van der Waals surface area contributed by atoms with Gasteiger partial charge in [0.05, 0.1) is 5.92 Å². The molecule has 2 aliphatic heterocycles. The van der Waals surface area contributed by atoms with Gasteiger partial charge >= 0.3 is 0 Å². The van der Waals surface area contributed by atoms with Crippen molar-refractivity contribution in [2.24, 2.45) is 11.3 Å². The van der Waals surface area contributed by atoms with Crippen molar-refractivity contribution in [3.8, 4) is 0 Å². The molecule has 2 saturated heterocycles. The fraction of sp³-hybridized carbons (Fsp3) is 0.812. The predicted molar refractivity (Wildman–Crippen MR) is 82.9 cm³/mol. The summed E-state index contributed by atoms with van der Waals surface area (Å²) in [7, 11) is 0. The molecule has 124 valence electrons. The third kappa shape index (κ3) is 3.99. The molecule has 0 aromatic heterocycles. The highest BCUT2D eigenvalue weighted by atomic mass is 16.2. The number of amides is 3. The zero-order chi connectivity index (χ0) is 16.3. The SMILES string of the molecule is CC(C)(C)C(=O)N1CCCC(C(=O)NC2CCCNC2=O)C1. The maximum absolute atomic E-state index is 12.4. The monoisotopic (exact) mass is 309 g/mol. The van der Waals surface area contributed by atoms with Crippen molar-refractivity contribution in [1.82, 2.24) is 15.5 Å². The number of piperidine rings is 2. The molecule has 0 radical (unpaired) electrons. The van der Waals surface area contributed by atoms with Crippen molar-refractivity contribution < 1.29 is 14.4 Å². The average Bonchev–Trinajstić information content (AvgIpc) is 2.48. The lowest BCUT2D eigenvalue weighted by molar-refractivity contribution is -0.143. The second kappa shape index (κ2) is 6.67. The van der Waals surface area contributed by atoms with Crippen LogP contribution in [0.4, 0.5) is 0 Å². The standard InChI is InChI=1S/C16H27N3O3/c1-16(2,3)15(22)19-9-5-6-11(10-19)13(20)18-12-7-4-8-17-14(12)21/h11-12H,4-10H2,1-3H3,(H,17,21)(H,18,20). The second-order valence-corrected chi connectivity index (χ2v) is 7.33. The smallest absolute Gasteiger partial charge is 0.242 e. The fourth-order valence-corrected chi connectivity index (χ4v) is 3.05. The normalized spacial score (nSPS) is 26.3. The highest BCUT2D eigenvalue weighted by Gasteiger charge is 2.34. The zero-order valence-corrected chi connectivity index (χ0v) is 13.8. The Balaban J connectivity index is 1.92. The van der Waals surface area contributed by atoms with Crippen LogP contribution in [0.5, 0.6) is 0 Å². The Hall–Kier alpha value is -1.59. The largest absolute Gasteiger partial charge is 0.354 e. The minimum Gasteiger partial charge on any atom is -0.354 e. The van der Waals surface area contributed by atoms with Crippen LogP contribution in [0.25, 0.3) is 0 Å². The quantitative estimate of drug-likeness (QED) is 0.787. The lowest BCUT2D eigenvalue weighted by Crippen LogP contribution is -2.54. The Morgan fingerprint density at radius 2 is 1.95 bits per heavy atom. The Morgan fingerprint density at radius 3 is 2.59 bits per heavy atom. The molecular weight excluding hydrogens is 282 g/mol. The second-order valence-electron chi connectivity index (χ2n) is 7.33. The summed E-state index contributed by atoms with van der Waals surface area (Å²) in [6.07, 6.45) is 3.18. The third-order valence-electron chi connectivity index (χ3n) is 4.32. The van der Waals surface area contributed by atoms with E-state index in [0.717, 1.165) is 19.3 Å². The van der Waals surface area contributed by atoms with Gasteiger partial charge < -0.3 is 15.5 Å². The van der Waals surface area contributed by atoms with Crippen LogP contribution in [0.3, 0.4) is 0 Å². The van der Waals surface area contributed by atoms with Crippen molar-refractivity contribution in [1.29, 1.82) is 0 Å². The van der Waals surface area contributed by atoms with E-state index in [1.807, 2.05) is 20.8 Å². The Labute approximate surface area is 132 Å². The number of carbonyl (C=O) groups is 3. The van der Waals surface area contributed by atoms with Crippen LogP contribution >= 0.6 is 0 Å². The van der Waals surface area contributed by atoms with Gasteiger partial charge in [-0.15, -0.1) is 0 Å². The van der Waals surface area contributed by atoms with Gasteiger partial charge in [0, 0.05) is 25.0 Å². The van der Waals surface area contributed by atoms with Crippen molar-refractivity contribution in [3.05, 3.63) is 0 Å². The summed E-state index contributed by atoms with van der Waals surface area (Å²) >= 11 is 0. The van der Waals surface area contributed by atoms with Crippen LogP contribution in [0, 0.1) is 11.3 Å². The van der Waals surface area contributed by atoms with E-state index < -0.39 is 11.5 Å². The first kappa shape index (κ1) is 16.8. The summed E-state index contributed by atoms with van der Waals surface area (Å²) in [5.74, 6) is -0.332. The zero-order valence-electron chi connectivity index (χ0n) is 13.8. The van der Waals surface area contributed by atoms with Gasteiger partial charge in [-0.1, -0.05) is 20.8 Å². The summed E-state index contributed by atoms with van der Waals surface area (Å²) in [4.78, 5) is 38.3. The van der Waals surface area contributed by atoms with Crippen LogP contribution in [0.15, 0.2) is 0 Å². The topological polar surface area (TPSA) is 78.5 Å². The predicted octanol–water partition coefficient (Wildman–Crippen LogP) is 0.666. The first-order valence-electron chi connectivity index (χ1n) is 8.16. The van der Waals surface area contributed by atoms with E-state index in [-0.39, 0.29) is 23.6 Å². The summed E-state index contributed by atoms with van der Waals surface area (Å²) in [6.45, 7) is 7.53. The van der Waals surface area contributed by atoms with E-state index >= 15 is 0 Å². The fourth-order valence-electron chi connectivity index (χ4n) is 3.05. The molecule has 0 aromatic carbocycles. The van der Waals surface area contributed by atoms with E-state index in [1.165, 1.54) is 0 Å². The van der Waals surface area contributed by atoms with E-state index in [4.69, 9.17) is 0 Å². The number of nitrogens with zero attached hydrogens (tertiary/aromatic N) is 1. The molecule has 3 amide bonds. The molecule has 2 fully saturated rings. The maximum atomic E-state index is 12.4. The first-order chi connectivity index (χ1) is 10.3. The lowest BCUT2D eigenvalue weighted by atomic mass is 9.90. The Morgan fingerprint density at radius 1 is 1.23 bits per heavy atom. The molecule has 6 nitrogen and oxygen atoms in total. The van der Waals surface area contributed by atoms with Gasteiger partial charge in [-0.3, -0.25) is 14.4 Å². The van der Waals surface area contributed by atoms with Crippen molar-refractivity contribution in [2.75, 3.05) is 19.6 Å². The molecular formula is C16H27N3O3. The van der Waals surface area contributed by atoms with Crippen LogP contribution in [-0.4, -0.2) is 48.3 Å². The van der Waals surface area contributed by atoms with Crippen molar-refractivity contribution >= 4 is 17.7 Å². The maximum Gasteiger partial charge on any atom is 0.242 e. The molecule has 2 heterocycles. The average molecular weight is 309 g/mol. The highest BCUT2D eigenvalue weighted by Crippen LogP contribution is 2.23. The molecule has 0 aliphatic carbocycles. The molecule has 6 heteroatoms. The van der Waals surface area contributed by atoms with Gasteiger partial charge in [0.25, 0.3) is 0 Å². The van der Waals surface area contributed by atoms with Gasteiger partial charge in [-0.05, 0) is 25.7 Å².